The molecule has 0 spiro atoms. The largest absolute Gasteiger partial charge is 0.356 e. The number of aryl methyl sites for hydroxylation is 1. The van der Waals surface area contributed by atoms with Crippen LogP contribution in [0.25, 0.3) is 0 Å². The molecule has 23 heavy (non-hydrogen) atoms. The number of thiazole rings is 1. The average Bonchev–Trinajstić information content (AvgIpc) is 2.93. The molecule has 4 nitrogen and oxygen atoms in total. The van der Waals surface area contributed by atoms with Gasteiger partial charge in [-0.05, 0) is 24.6 Å². The van der Waals surface area contributed by atoms with Gasteiger partial charge in [0.15, 0.2) is 5.96 Å². The first kappa shape index (κ1) is 17.8. The molecule has 2 aromatic rings. The number of aliphatic imine (C=N–C) groups is 1. The summed E-state index contributed by atoms with van der Waals surface area (Å²) < 4.78 is 0. The lowest BCUT2D eigenvalue weighted by Crippen LogP contribution is -2.43. The first-order valence-corrected chi connectivity index (χ1v) is 8.72. The van der Waals surface area contributed by atoms with Gasteiger partial charge in [0.1, 0.15) is 5.01 Å². The van der Waals surface area contributed by atoms with Crippen molar-refractivity contribution in [2.24, 2.45) is 4.99 Å². The summed E-state index contributed by atoms with van der Waals surface area (Å²) in [6.07, 6.45) is 1.89. The van der Waals surface area contributed by atoms with E-state index < -0.39 is 0 Å². The molecule has 0 atom stereocenters. The summed E-state index contributed by atoms with van der Waals surface area (Å²) in [4.78, 5) is 9.83. The minimum atomic E-state index is -0.0278. The molecule has 1 heterocycles. The van der Waals surface area contributed by atoms with Gasteiger partial charge in [-0.3, -0.25) is 4.99 Å². The van der Waals surface area contributed by atoms with E-state index in [1.807, 2.05) is 18.3 Å². The lowest BCUT2D eigenvalue weighted by molar-refractivity contribution is 0.508. The average molecular weight is 351 g/mol. The Morgan fingerprint density at radius 3 is 2.52 bits per heavy atom. The fraction of sp³-hybridized carbons (Fsp3) is 0.412. The number of hydrogen-bond donors (Lipinski definition) is 2. The van der Waals surface area contributed by atoms with Crippen molar-refractivity contribution in [3.05, 3.63) is 50.9 Å². The van der Waals surface area contributed by atoms with Crippen molar-refractivity contribution >= 4 is 28.9 Å². The number of nitrogens with one attached hydrogen (secondary N) is 2. The van der Waals surface area contributed by atoms with Crippen LogP contribution in [0, 0.1) is 6.92 Å². The summed E-state index contributed by atoms with van der Waals surface area (Å²) in [7, 11) is 1.78. The monoisotopic (exact) mass is 350 g/mol. The van der Waals surface area contributed by atoms with Gasteiger partial charge in [0.05, 0.1) is 6.54 Å². The summed E-state index contributed by atoms with van der Waals surface area (Å²) in [5.74, 6) is 0.778. The van der Waals surface area contributed by atoms with Crippen molar-refractivity contribution in [3.8, 4) is 0 Å². The Labute approximate surface area is 147 Å². The van der Waals surface area contributed by atoms with Crippen LogP contribution in [0.4, 0.5) is 0 Å². The standard InChI is InChI=1S/C17H23ClN4S/c1-12-9-20-15(23-12)10-21-16(19-4)22-11-17(2,3)13-5-7-14(18)8-6-13/h5-9H,10-11H2,1-4H3,(H2,19,21,22). The highest BCUT2D eigenvalue weighted by molar-refractivity contribution is 7.11. The molecule has 0 aliphatic heterocycles. The zero-order valence-electron chi connectivity index (χ0n) is 14.0. The minimum Gasteiger partial charge on any atom is -0.356 e. The molecule has 6 heteroatoms. The predicted molar refractivity (Wildman–Crippen MR) is 99.5 cm³/mol. The van der Waals surface area contributed by atoms with Crippen molar-refractivity contribution in [2.45, 2.75) is 32.7 Å². The maximum atomic E-state index is 5.96. The number of halogens is 1. The number of nitrogens with zero attached hydrogens (tertiary/aromatic N) is 2. The first-order valence-electron chi connectivity index (χ1n) is 7.52. The van der Waals surface area contributed by atoms with Crippen LogP contribution in [0.1, 0.15) is 29.3 Å². The Bertz CT molecular complexity index is 661. The molecule has 0 aliphatic carbocycles. The van der Waals surface area contributed by atoms with Crippen LogP contribution >= 0.6 is 22.9 Å². The van der Waals surface area contributed by atoms with E-state index in [-0.39, 0.29) is 5.41 Å². The van der Waals surface area contributed by atoms with Gasteiger partial charge in [-0.15, -0.1) is 11.3 Å². The fourth-order valence-electron chi connectivity index (χ4n) is 2.17. The van der Waals surface area contributed by atoms with Gasteiger partial charge in [0, 0.05) is 35.1 Å². The Hall–Kier alpha value is -1.59. The summed E-state index contributed by atoms with van der Waals surface area (Å²) in [5, 5.41) is 8.50. The molecule has 1 aromatic heterocycles. The SMILES string of the molecule is CN=C(NCc1ncc(C)s1)NCC(C)(C)c1ccc(Cl)cc1. The maximum Gasteiger partial charge on any atom is 0.191 e. The number of rotatable bonds is 5. The predicted octanol–water partition coefficient (Wildman–Crippen LogP) is 3.75. The zero-order valence-corrected chi connectivity index (χ0v) is 15.6. The normalized spacial score (nSPS) is 12.3. The van der Waals surface area contributed by atoms with E-state index in [1.165, 1.54) is 10.4 Å². The van der Waals surface area contributed by atoms with E-state index in [0.717, 1.165) is 22.5 Å². The highest BCUT2D eigenvalue weighted by Crippen LogP contribution is 2.23. The van der Waals surface area contributed by atoms with Crippen LogP contribution in [0.15, 0.2) is 35.5 Å². The Balaban J connectivity index is 1.90. The van der Waals surface area contributed by atoms with E-state index in [4.69, 9.17) is 11.6 Å². The number of benzene rings is 1. The molecule has 2 rings (SSSR count). The number of hydrogen-bond acceptors (Lipinski definition) is 3. The van der Waals surface area contributed by atoms with Crippen molar-refractivity contribution in [1.82, 2.24) is 15.6 Å². The summed E-state index contributed by atoms with van der Waals surface area (Å²) in [6.45, 7) is 7.90. The molecule has 0 unspecified atom stereocenters. The Morgan fingerprint density at radius 1 is 1.26 bits per heavy atom. The van der Waals surface area contributed by atoms with E-state index in [0.29, 0.717) is 6.54 Å². The van der Waals surface area contributed by atoms with E-state index in [9.17, 15) is 0 Å². The van der Waals surface area contributed by atoms with Crippen molar-refractivity contribution in [3.63, 3.8) is 0 Å². The Kier molecular flexibility index (Phi) is 6.02. The van der Waals surface area contributed by atoms with Gasteiger partial charge in [0.25, 0.3) is 0 Å². The van der Waals surface area contributed by atoms with Crippen LogP contribution in [0.5, 0.6) is 0 Å². The second kappa shape index (κ2) is 7.79. The maximum absolute atomic E-state index is 5.96. The van der Waals surface area contributed by atoms with E-state index in [1.54, 1.807) is 18.4 Å². The summed E-state index contributed by atoms with van der Waals surface area (Å²) in [5.41, 5.74) is 1.21. The van der Waals surface area contributed by atoms with E-state index >= 15 is 0 Å². The van der Waals surface area contributed by atoms with Gasteiger partial charge in [0.2, 0.25) is 0 Å². The van der Waals surface area contributed by atoms with Gasteiger partial charge in [-0.25, -0.2) is 4.98 Å². The second-order valence-corrected chi connectivity index (χ2v) is 7.79. The number of guanidine groups is 1. The molecule has 0 radical (unpaired) electrons. The van der Waals surface area contributed by atoms with Gasteiger partial charge < -0.3 is 10.6 Å². The topological polar surface area (TPSA) is 49.3 Å². The molecular formula is C17H23ClN4S. The molecule has 2 N–H and O–H groups in total. The molecule has 0 bridgehead atoms. The lowest BCUT2D eigenvalue weighted by Gasteiger charge is -2.26. The van der Waals surface area contributed by atoms with Crippen LogP contribution in [0.2, 0.25) is 5.02 Å². The smallest absolute Gasteiger partial charge is 0.191 e. The van der Waals surface area contributed by atoms with Gasteiger partial charge >= 0.3 is 0 Å². The zero-order chi connectivity index (χ0) is 16.9. The van der Waals surface area contributed by atoms with Crippen LogP contribution in [-0.2, 0) is 12.0 Å². The highest BCUT2D eigenvalue weighted by Gasteiger charge is 2.20. The van der Waals surface area contributed by atoms with Crippen molar-refractivity contribution in [2.75, 3.05) is 13.6 Å². The molecule has 124 valence electrons. The fourth-order valence-corrected chi connectivity index (χ4v) is 3.02. The Morgan fingerprint density at radius 2 is 1.96 bits per heavy atom. The molecule has 1 aromatic carbocycles. The van der Waals surface area contributed by atoms with Crippen molar-refractivity contribution in [1.29, 1.82) is 0 Å². The third kappa shape index (κ3) is 5.22. The molecule has 0 saturated heterocycles. The highest BCUT2D eigenvalue weighted by atomic mass is 35.5. The van der Waals surface area contributed by atoms with E-state index in [2.05, 4.69) is 53.5 Å². The quantitative estimate of drug-likeness (QED) is 0.637. The van der Waals surface area contributed by atoms with Gasteiger partial charge in [-0.1, -0.05) is 37.6 Å². The lowest BCUT2D eigenvalue weighted by atomic mass is 9.85. The molecule has 0 aliphatic rings. The van der Waals surface area contributed by atoms with Crippen LogP contribution in [-0.4, -0.2) is 24.5 Å². The third-order valence-electron chi connectivity index (χ3n) is 3.62. The van der Waals surface area contributed by atoms with Gasteiger partial charge in [-0.2, -0.15) is 0 Å². The van der Waals surface area contributed by atoms with Crippen molar-refractivity contribution < 1.29 is 0 Å². The molecule has 0 amide bonds. The summed E-state index contributed by atoms with van der Waals surface area (Å²) >= 11 is 7.66. The number of aromatic nitrogens is 1. The summed E-state index contributed by atoms with van der Waals surface area (Å²) in [6, 6.07) is 7.99. The first-order chi connectivity index (χ1) is 10.9. The third-order valence-corrected chi connectivity index (χ3v) is 4.79. The van der Waals surface area contributed by atoms with Crippen LogP contribution in [0.3, 0.4) is 0 Å². The van der Waals surface area contributed by atoms with Crippen LogP contribution < -0.4 is 10.6 Å². The second-order valence-electron chi connectivity index (χ2n) is 6.03. The minimum absolute atomic E-state index is 0.0278. The molecular weight excluding hydrogens is 328 g/mol. The molecule has 0 saturated carbocycles. The molecule has 0 fully saturated rings.